The van der Waals surface area contributed by atoms with Gasteiger partial charge in [-0.2, -0.15) is 0 Å². The smallest absolute Gasteiger partial charge is 0.290 e. The predicted molar refractivity (Wildman–Crippen MR) is 114 cm³/mol. The molecule has 154 valence electrons. The summed E-state index contributed by atoms with van der Waals surface area (Å²) in [7, 11) is 0. The van der Waals surface area contributed by atoms with Gasteiger partial charge in [0.2, 0.25) is 5.76 Å². The molecule has 0 bridgehead atoms. The fourth-order valence-electron chi connectivity index (χ4n) is 4.13. The van der Waals surface area contributed by atoms with Gasteiger partial charge in [-0.3, -0.25) is 9.59 Å². The second-order valence-electron chi connectivity index (χ2n) is 7.43. The summed E-state index contributed by atoms with van der Waals surface area (Å²) in [6.07, 6.45) is 1.64. The van der Waals surface area contributed by atoms with E-state index in [1.54, 1.807) is 24.3 Å². The number of aryl methyl sites for hydroxylation is 2. The topological polar surface area (TPSA) is 80.0 Å². The van der Waals surface area contributed by atoms with Crippen molar-refractivity contribution < 1.29 is 19.1 Å². The van der Waals surface area contributed by atoms with Crippen LogP contribution in [0.2, 0.25) is 0 Å². The van der Waals surface area contributed by atoms with Gasteiger partial charge in [0.05, 0.1) is 23.6 Å². The molecular formula is C24H23NO5. The Morgan fingerprint density at radius 1 is 1.23 bits per heavy atom. The zero-order chi connectivity index (χ0) is 21.4. The van der Waals surface area contributed by atoms with Crippen molar-refractivity contribution in [2.24, 2.45) is 0 Å². The number of ether oxygens (including phenoxy) is 1. The van der Waals surface area contributed by atoms with Crippen LogP contribution in [0.15, 0.2) is 58.3 Å². The first-order valence-corrected chi connectivity index (χ1v) is 9.79. The molecular weight excluding hydrogens is 382 g/mol. The molecule has 0 saturated carbocycles. The highest BCUT2D eigenvalue weighted by Gasteiger charge is 2.42. The maximum Gasteiger partial charge on any atom is 0.290 e. The number of fused-ring (bicyclic) bond motifs is 2. The van der Waals surface area contributed by atoms with Crippen LogP contribution in [-0.4, -0.2) is 35.7 Å². The number of carbonyl (C=O) groups is 1. The van der Waals surface area contributed by atoms with Gasteiger partial charge < -0.3 is 19.2 Å². The highest BCUT2D eigenvalue weighted by Crippen LogP contribution is 2.39. The molecule has 1 N–H and O–H groups in total. The van der Waals surface area contributed by atoms with Gasteiger partial charge in [-0.1, -0.05) is 30.9 Å². The minimum absolute atomic E-state index is 0.0355. The van der Waals surface area contributed by atoms with Crippen LogP contribution < -0.4 is 10.2 Å². The molecule has 0 spiro atoms. The summed E-state index contributed by atoms with van der Waals surface area (Å²) in [4.78, 5) is 28.1. The predicted octanol–water partition coefficient (Wildman–Crippen LogP) is 3.51. The Bertz CT molecular complexity index is 1210. The molecule has 3 aromatic rings. The number of aliphatic hydroxyl groups is 1. The van der Waals surface area contributed by atoms with Crippen LogP contribution in [0.5, 0.6) is 5.75 Å². The van der Waals surface area contributed by atoms with Gasteiger partial charge in [0.25, 0.3) is 5.91 Å². The van der Waals surface area contributed by atoms with Crippen molar-refractivity contribution in [3.05, 3.63) is 87.3 Å². The number of β-amino-alcohol motifs (C(OH)–C–C–N with tert-alkyl or cyclic N) is 1. The lowest BCUT2D eigenvalue weighted by molar-refractivity contribution is 0.0691. The molecule has 2 heterocycles. The fraction of sp³-hybridized carbons (Fsp3) is 0.250. The van der Waals surface area contributed by atoms with Crippen LogP contribution in [0, 0.1) is 13.8 Å². The van der Waals surface area contributed by atoms with E-state index in [-0.39, 0.29) is 24.3 Å². The SMILES string of the molecule is C=CCOc1cccc(C2c3c(oc4cc(C)cc(C)c4c3=O)C(=O)N2CCO)c1. The molecule has 0 fully saturated rings. The Kier molecular flexibility index (Phi) is 5.18. The van der Waals surface area contributed by atoms with Gasteiger partial charge in [0.15, 0.2) is 5.43 Å². The standard InChI is InChI=1S/C24H23NO5/c1-4-10-29-17-7-5-6-16(13-17)21-20-22(27)19-15(3)11-14(2)12-18(19)30-23(20)24(28)25(21)8-9-26/h4-7,11-13,21,26H,1,8-10H2,2-3H3. The van der Waals surface area contributed by atoms with Crippen LogP contribution >= 0.6 is 0 Å². The third-order valence-corrected chi connectivity index (χ3v) is 5.29. The molecule has 1 atom stereocenters. The van der Waals surface area contributed by atoms with Crippen molar-refractivity contribution in [3.8, 4) is 5.75 Å². The molecule has 2 aromatic carbocycles. The molecule has 6 nitrogen and oxygen atoms in total. The van der Waals surface area contributed by atoms with Crippen molar-refractivity contribution in [3.63, 3.8) is 0 Å². The van der Waals surface area contributed by atoms with Crippen LogP contribution in [0.4, 0.5) is 0 Å². The van der Waals surface area contributed by atoms with E-state index in [9.17, 15) is 14.7 Å². The number of amides is 1. The molecule has 6 heteroatoms. The summed E-state index contributed by atoms with van der Waals surface area (Å²) >= 11 is 0. The largest absolute Gasteiger partial charge is 0.490 e. The Balaban J connectivity index is 1.96. The summed E-state index contributed by atoms with van der Waals surface area (Å²) in [6.45, 7) is 7.62. The van der Waals surface area contributed by atoms with Crippen LogP contribution in [0.25, 0.3) is 11.0 Å². The van der Waals surface area contributed by atoms with Crippen molar-refractivity contribution >= 4 is 16.9 Å². The molecule has 1 unspecified atom stereocenters. The average Bonchev–Trinajstić information content (AvgIpc) is 2.99. The van der Waals surface area contributed by atoms with E-state index in [1.165, 1.54) is 4.90 Å². The van der Waals surface area contributed by atoms with E-state index >= 15 is 0 Å². The summed E-state index contributed by atoms with van der Waals surface area (Å²) in [5, 5.41) is 10.0. The maximum absolute atomic E-state index is 13.5. The third-order valence-electron chi connectivity index (χ3n) is 5.29. The summed E-state index contributed by atoms with van der Waals surface area (Å²) in [5.74, 6) is 0.238. The van der Waals surface area contributed by atoms with Crippen molar-refractivity contribution in [2.45, 2.75) is 19.9 Å². The number of carbonyl (C=O) groups excluding carboxylic acids is 1. The van der Waals surface area contributed by atoms with E-state index in [0.717, 1.165) is 11.1 Å². The van der Waals surface area contributed by atoms with Gasteiger partial charge in [-0.05, 0) is 48.7 Å². The lowest BCUT2D eigenvalue weighted by atomic mass is 9.96. The Labute approximate surface area is 174 Å². The van der Waals surface area contributed by atoms with Gasteiger partial charge in [0, 0.05) is 6.54 Å². The van der Waals surface area contributed by atoms with Crippen LogP contribution in [0.3, 0.4) is 0 Å². The normalized spacial score (nSPS) is 15.5. The first-order chi connectivity index (χ1) is 14.5. The highest BCUT2D eigenvalue weighted by molar-refractivity contribution is 5.99. The number of nitrogens with zero attached hydrogens (tertiary/aromatic N) is 1. The Morgan fingerprint density at radius 2 is 2.03 bits per heavy atom. The number of hydrogen-bond donors (Lipinski definition) is 1. The molecule has 0 aliphatic carbocycles. The Morgan fingerprint density at radius 3 is 2.77 bits per heavy atom. The van der Waals surface area contributed by atoms with E-state index in [4.69, 9.17) is 9.15 Å². The van der Waals surface area contributed by atoms with Crippen molar-refractivity contribution in [1.82, 2.24) is 4.90 Å². The average molecular weight is 405 g/mol. The summed E-state index contributed by atoms with van der Waals surface area (Å²) in [5.41, 5.74) is 2.94. The van der Waals surface area contributed by atoms with E-state index in [2.05, 4.69) is 6.58 Å². The quantitative estimate of drug-likeness (QED) is 0.635. The zero-order valence-corrected chi connectivity index (χ0v) is 17.0. The van der Waals surface area contributed by atoms with Gasteiger partial charge >= 0.3 is 0 Å². The van der Waals surface area contributed by atoms with E-state index < -0.39 is 11.9 Å². The second kappa shape index (κ2) is 7.80. The summed E-state index contributed by atoms with van der Waals surface area (Å²) < 4.78 is 11.6. The number of hydrogen-bond acceptors (Lipinski definition) is 5. The minimum Gasteiger partial charge on any atom is -0.490 e. The zero-order valence-electron chi connectivity index (χ0n) is 17.0. The van der Waals surface area contributed by atoms with Gasteiger partial charge in [-0.15, -0.1) is 0 Å². The molecule has 30 heavy (non-hydrogen) atoms. The molecule has 1 aliphatic heterocycles. The number of rotatable bonds is 6. The first kappa shape index (κ1) is 19.9. The monoisotopic (exact) mass is 405 g/mol. The van der Waals surface area contributed by atoms with Gasteiger partial charge in [-0.25, -0.2) is 0 Å². The minimum atomic E-state index is -0.659. The maximum atomic E-state index is 13.5. The number of aliphatic hydroxyl groups excluding tert-OH is 1. The lowest BCUT2D eigenvalue weighted by Gasteiger charge is -2.24. The van der Waals surface area contributed by atoms with Crippen LogP contribution in [-0.2, 0) is 0 Å². The molecule has 0 radical (unpaired) electrons. The fourth-order valence-corrected chi connectivity index (χ4v) is 4.13. The first-order valence-electron chi connectivity index (χ1n) is 9.79. The van der Waals surface area contributed by atoms with Crippen LogP contribution in [0.1, 0.15) is 38.9 Å². The highest BCUT2D eigenvalue weighted by atomic mass is 16.5. The number of benzene rings is 2. The van der Waals surface area contributed by atoms with E-state index in [1.807, 2.05) is 32.0 Å². The molecule has 0 saturated heterocycles. The van der Waals surface area contributed by atoms with Crippen molar-refractivity contribution in [2.75, 3.05) is 19.8 Å². The second-order valence-corrected chi connectivity index (χ2v) is 7.43. The third kappa shape index (κ3) is 3.19. The molecule has 1 amide bonds. The Hall–Kier alpha value is -3.38. The molecule has 1 aromatic heterocycles. The molecule has 1 aliphatic rings. The van der Waals surface area contributed by atoms with E-state index in [0.29, 0.717) is 34.5 Å². The molecule has 4 rings (SSSR count). The van der Waals surface area contributed by atoms with Gasteiger partial charge in [0.1, 0.15) is 17.9 Å². The lowest BCUT2D eigenvalue weighted by Crippen LogP contribution is -2.32. The summed E-state index contributed by atoms with van der Waals surface area (Å²) in [6, 6.07) is 10.3. The van der Waals surface area contributed by atoms with Crippen molar-refractivity contribution in [1.29, 1.82) is 0 Å².